The van der Waals surface area contributed by atoms with Crippen LogP contribution >= 0.6 is 46.4 Å². The monoisotopic (exact) mass is 230 g/mol. The van der Waals surface area contributed by atoms with Crippen LogP contribution < -0.4 is 0 Å². The minimum Gasteiger partial charge on any atom is -0.0875 e. The summed E-state index contributed by atoms with van der Waals surface area (Å²) in [6, 6.07) is 0. The van der Waals surface area contributed by atoms with E-state index in [0.29, 0.717) is 26.5 Å². The fraction of sp³-hybridized carbons (Fsp3) is 0.429. The number of halogens is 4. The Morgan fingerprint density at radius 3 is 2.18 bits per heavy atom. The molecule has 0 amide bonds. The van der Waals surface area contributed by atoms with E-state index in [1.54, 1.807) is 0 Å². The maximum atomic E-state index is 5.85. The standard InChI is InChI=1S/C7H6Cl4/c1-3-2-4(8)6(10)7(11)5(3)9/h3H,2H2,1H3. The lowest BCUT2D eigenvalue weighted by Crippen LogP contribution is -2.03. The van der Waals surface area contributed by atoms with Crippen molar-refractivity contribution in [3.63, 3.8) is 0 Å². The third-order valence-electron chi connectivity index (χ3n) is 1.56. The molecule has 0 aromatic rings. The van der Waals surface area contributed by atoms with E-state index in [4.69, 9.17) is 46.4 Å². The van der Waals surface area contributed by atoms with Gasteiger partial charge in [0.2, 0.25) is 0 Å². The summed E-state index contributed by atoms with van der Waals surface area (Å²) in [5.74, 6) is 0.180. The van der Waals surface area contributed by atoms with Crippen molar-refractivity contribution in [3.05, 3.63) is 20.1 Å². The molecule has 0 aromatic heterocycles. The smallest absolute Gasteiger partial charge is 0.0752 e. The molecule has 4 heteroatoms. The lowest BCUT2D eigenvalue weighted by atomic mass is 10.0. The van der Waals surface area contributed by atoms with Crippen LogP contribution in [0, 0.1) is 5.92 Å². The van der Waals surface area contributed by atoms with E-state index in [2.05, 4.69) is 0 Å². The second kappa shape index (κ2) is 3.57. The summed E-state index contributed by atoms with van der Waals surface area (Å²) in [5, 5.41) is 1.96. The van der Waals surface area contributed by atoms with E-state index in [1.165, 1.54) is 0 Å². The van der Waals surface area contributed by atoms with Crippen molar-refractivity contribution in [1.29, 1.82) is 0 Å². The molecule has 0 N–H and O–H groups in total. The van der Waals surface area contributed by atoms with Gasteiger partial charge in [-0.25, -0.2) is 0 Å². The van der Waals surface area contributed by atoms with E-state index in [0.717, 1.165) is 0 Å². The molecular formula is C7H6Cl4. The van der Waals surface area contributed by atoms with Crippen LogP contribution in [-0.2, 0) is 0 Å². The minimum atomic E-state index is 0.180. The molecule has 0 saturated carbocycles. The van der Waals surface area contributed by atoms with Gasteiger partial charge in [0.1, 0.15) is 0 Å². The zero-order chi connectivity index (χ0) is 8.59. The largest absolute Gasteiger partial charge is 0.0875 e. The molecule has 0 radical (unpaired) electrons. The zero-order valence-electron chi connectivity index (χ0n) is 5.80. The number of rotatable bonds is 0. The van der Waals surface area contributed by atoms with Crippen molar-refractivity contribution in [3.8, 4) is 0 Å². The maximum Gasteiger partial charge on any atom is 0.0752 e. The molecule has 0 aromatic carbocycles. The molecule has 0 spiro atoms. The molecule has 62 valence electrons. The fourth-order valence-corrected chi connectivity index (χ4v) is 1.96. The van der Waals surface area contributed by atoms with Crippen LogP contribution in [0.5, 0.6) is 0 Å². The Bertz CT molecular complexity index is 239. The van der Waals surface area contributed by atoms with Crippen molar-refractivity contribution < 1.29 is 0 Å². The van der Waals surface area contributed by atoms with Crippen LogP contribution in [-0.4, -0.2) is 0 Å². The van der Waals surface area contributed by atoms with Gasteiger partial charge < -0.3 is 0 Å². The van der Waals surface area contributed by atoms with Gasteiger partial charge in [-0.2, -0.15) is 0 Å². The predicted molar refractivity (Wildman–Crippen MR) is 51.2 cm³/mol. The Balaban J connectivity index is 3.07. The van der Waals surface area contributed by atoms with Gasteiger partial charge in [0.05, 0.1) is 10.1 Å². The summed E-state index contributed by atoms with van der Waals surface area (Å²) in [6.07, 6.45) is 0.676. The number of hydrogen-bond acceptors (Lipinski definition) is 0. The molecule has 0 bridgehead atoms. The highest BCUT2D eigenvalue weighted by Gasteiger charge is 2.22. The Labute approximate surface area is 85.8 Å². The van der Waals surface area contributed by atoms with Crippen LogP contribution in [0.3, 0.4) is 0 Å². The van der Waals surface area contributed by atoms with Crippen LogP contribution in [0.2, 0.25) is 0 Å². The first-order chi connectivity index (χ1) is 5.04. The highest BCUT2D eigenvalue weighted by Crippen LogP contribution is 2.41. The second-order valence-electron chi connectivity index (χ2n) is 2.49. The first-order valence-electron chi connectivity index (χ1n) is 3.13. The molecule has 1 aliphatic rings. The van der Waals surface area contributed by atoms with Crippen LogP contribution in [0.15, 0.2) is 20.1 Å². The zero-order valence-corrected chi connectivity index (χ0v) is 8.82. The first-order valence-corrected chi connectivity index (χ1v) is 4.65. The van der Waals surface area contributed by atoms with E-state index in [9.17, 15) is 0 Å². The highest BCUT2D eigenvalue weighted by atomic mass is 35.5. The maximum absolute atomic E-state index is 5.85. The normalized spacial score (nSPS) is 26.5. The van der Waals surface area contributed by atoms with Gasteiger partial charge in [0.15, 0.2) is 0 Å². The average molecular weight is 232 g/mol. The molecule has 11 heavy (non-hydrogen) atoms. The average Bonchev–Trinajstić information content (AvgIpc) is 1.97. The molecule has 1 atom stereocenters. The summed E-state index contributed by atoms with van der Waals surface area (Å²) in [7, 11) is 0. The van der Waals surface area contributed by atoms with Gasteiger partial charge in [-0.05, 0) is 12.3 Å². The number of hydrogen-bond donors (Lipinski definition) is 0. The van der Waals surface area contributed by atoms with E-state index in [1.807, 2.05) is 6.92 Å². The molecule has 1 rings (SSSR count). The Morgan fingerprint density at radius 2 is 1.64 bits per heavy atom. The summed E-state index contributed by atoms with van der Waals surface area (Å²) in [6.45, 7) is 1.95. The molecule has 0 saturated heterocycles. The van der Waals surface area contributed by atoms with Crippen molar-refractivity contribution >= 4 is 46.4 Å². The molecule has 0 aliphatic heterocycles. The molecular weight excluding hydrogens is 226 g/mol. The fourth-order valence-electron chi connectivity index (χ4n) is 0.888. The molecule has 1 aliphatic carbocycles. The van der Waals surface area contributed by atoms with Crippen molar-refractivity contribution in [1.82, 2.24) is 0 Å². The molecule has 0 fully saturated rings. The Hall–Kier alpha value is 0.640. The van der Waals surface area contributed by atoms with Gasteiger partial charge in [-0.1, -0.05) is 53.3 Å². The van der Waals surface area contributed by atoms with E-state index >= 15 is 0 Å². The summed E-state index contributed by atoms with van der Waals surface area (Å²) in [5.41, 5.74) is 0. The lowest BCUT2D eigenvalue weighted by molar-refractivity contribution is 0.709. The van der Waals surface area contributed by atoms with Crippen LogP contribution in [0.1, 0.15) is 13.3 Å². The summed E-state index contributed by atoms with van der Waals surface area (Å²) >= 11 is 23.2. The second-order valence-corrected chi connectivity index (χ2v) is 4.11. The number of allylic oxidation sites excluding steroid dienone is 4. The molecule has 0 heterocycles. The third-order valence-corrected chi connectivity index (χ3v) is 3.56. The van der Waals surface area contributed by atoms with Gasteiger partial charge in [-0.3, -0.25) is 0 Å². The van der Waals surface area contributed by atoms with Gasteiger partial charge in [-0.15, -0.1) is 0 Å². The minimum absolute atomic E-state index is 0.180. The van der Waals surface area contributed by atoms with Crippen LogP contribution in [0.25, 0.3) is 0 Å². The van der Waals surface area contributed by atoms with Gasteiger partial charge in [0, 0.05) is 10.1 Å². The summed E-state index contributed by atoms with van der Waals surface area (Å²) in [4.78, 5) is 0. The molecule has 1 unspecified atom stereocenters. The highest BCUT2D eigenvalue weighted by molar-refractivity contribution is 6.51. The summed E-state index contributed by atoms with van der Waals surface area (Å²) < 4.78 is 0. The van der Waals surface area contributed by atoms with Gasteiger partial charge >= 0.3 is 0 Å². The topological polar surface area (TPSA) is 0 Å². The van der Waals surface area contributed by atoms with Gasteiger partial charge in [0.25, 0.3) is 0 Å². The van der Waals surface area contributed by atoms with Crippen molar-refractivity contribution in [2.24, 2.45) is 5.92 Å². The Morgan fingerprint density at radius 1 is 1.09 bits per heavy atom. The van der Waals surface area contributed by atoms with E-state index < -0.39 is 0 Å². The third kappa shape index (κ3) is 1.86. The van der Waals surface area contributed by atoms with E-state index in [-0.39, 0.29) is 5.92 Å². The van der Waals surface area contributed by atoms with Crippen molar-refractivity contribution in [2.75, 3.05) is 0 Å². The quantitative estimate of drug-likeness (QED) is 0.580. The Kier molecular flexibility index (Phi) is 3.16. The first kappa shape index (κ1) is 9.73. The SMILES string of the molecule is CC1CC(Cl)=C(Cl)C(Cl)=C1Cl. The molecule has 0 nitrogen and oxygen atoms in total. The van der Waals surface area contributed by atoms with Crippen LogP contribution in [0.4, 0.5) is 0 Å². The predicted octanol–water partition coefficient (Wildman–Crippen LogP) is 4.40. The van der Waals surface area contributed by atoms with Crippen molar-refractivity contribution in [2.45, 2.75) is 13.3 Å². The lowest BCUT2D eigenvalue weighted by Gasteiger charge is -2.18.